The summed E-state index contributed by atoms with van der Waals surface area (Å²) in [5.74, 6) is -4.68. The summed E-state index contributed by atoms with van der Waals surface area (Å²) in [7, 11) is 5.25. The SMILES string of the molecule is COC1(C)CC(OC2C(C)C(=O)OC(C3=CCCC3)C(C)C(O)C(C)C(=O)C(C)CC(C)(O)C(OC3OC(C)CC(N(C)C)C3O)C2C)OC(C)C1O. The summed E-state index contributed by atoms with van der Waals surface area (Å²) >= 11 is 0. The molecule has 3 fully saturated rings. The van der Waals surface area contributed by atoms with Crippen LogP contribution in [0.4, 0.5) is 0 Å². The van der Waals surface area contributed by atoms with Crippen LogP contribution in [0.3, 0.4) is 0 Å². The molecule has 306 valence electrons. The molecular formula is C40H69NO12. The van der Waals surface area contributed by atoms with Crippen LogP contribution in [0.25, 0.3) is 0 Å². The van der Waals surface area contributed by atoms with Crippen molar-refractivity contribution in [2.45, 2.75) is 179 Å². The third-order valence-corrected chi connectivity index (χ3v) is 12.7. The standard InChI is InChI=1S/C40H69NO12/c1-20-18-39(8,47)36(53-38-32(44)28(41(10)11)17-21(2)49-38)24(5)33(51-29-19-40(9,48-12)35(45)26(7)50-29)25(6)37(46)52-34(27-15-13-14-16-27)23(4)31(43)22(3)30(20)42/h15,20-26,28-29,31-36,38,43-45,47H,13-14,16-19H2,1-12H3. The quantitative estimate of drug-likeness (QED) is 0.220. The number of Topliss-reactive ketones (excluding diaryl/α,β-unsaturated/α-hetero) is 1. The lowest BCUT2D eigenvalue weighted by Gasteiger charge is -2.49. The molecule has 0 radical (unpaired) electrons. The fourth-order valence-electron chi connectivity index (χ4n) is 9.20. The number of esters is 1. The van der Waals surface area contributed by atoms with Crippen LogP contribution in [0.1, 0.15) is 101 Å². The summed E-state index contributed by atoms with van der Waals surface area (Å²) in [4.78, 5) is 30.3. The zero-order valence-electron chi connectivity index (χ0n) is 34.1. The smallest absolute Gasteiger partial charge is 0.311 e. The Morgan fingerprint density at radius 3 is 2.13 bits per heavy atom. The number of aliphatic hydroxyl groups excluding tert-OH is 3. The van der Waals surface area contributed by atoms with E-state index < -0.39 is 102 Å². The summed E-state index contributed by atoms with van der Waals surface area (Å²) in [5, 5.41) is 46.6. The number of likely N-dealkylation sites (N-methyl/N-ethyl adjacent to an activating group) is 1. The number of aliphatic hydroxyl groups is 4. The minimum absolute atomic E-state index is 0.0488. The Balaban J connectivity index is 1.83. The number of methoxy groups -OCH3 is 1. The summed E-state index contributed by atoms with van der Waals surface area (Å²) < 4.78 is 37.8. The molecule has 3 saturated heterocycles. The van der Waals surface area contributed by atoms with E-state index in [0.717, 1.165) is 18.4 Å². The zero-order valence-corrected chi connectivity index (χ0v) is 34.1. The van der Waals surface area contributed by atoms with Gasteiger partial charge in [0.05, 0.1) is 47.6 Å². The molecule has 0 bridgehead atoms. The van der Waals surface area contributed by atoms with Gasteiger partial charge in [-0.2, -0.15) is 0 Å². The topological polar surface area (TPSA) is 174 Å². The van der Waals surface area contributed by atoms with Crippen LogP contribution in [0, 0.1) is 29.6 Å². The van der Waals surface area contributed by atoms with Crippen molar-refractivity contribution in [3.05, 3.63) is 11.6 Å². The number of ether oxygens (including phenoxy) is 6. The van der Waals surface area contributed by atoms with Gasteiger partial charge in [-0.25, -0.2) is 0 Å². The average molecular weight is 756 g/mol. The predicted molar refractivity (Wildman–Crippen MR) is 196 cm³/mol. The number of allylic oxidation sites excluding steroid dienone is 1. The Morgan fingerprint density at radius 1 is 0.887 bits per heavy atom. The Hall–Kier alpha value is -1.52. The highest BCUT2D eigenvalue weighted by Crippen LogP contribution is 2.41. The molecule has 4 N–H and O–H groups in total. The molecule has 4 rings (SSSR count). The lowest BCUT2D eigenvalue weighted by molar-refractivity contribution is -0.317. The van der Waals surface area contributed by atoms with Crippen LogP contribution < -0.4 is 0 Å². The van der Waals surface area contributed by atoms with E-state index in [2.05, 4.69) is 0 Å². The van der Waals surface area contributed by atoms with E-state index in [1.807, 2.05) is 32.0 Å². The maximum atomic E-state index is 14.4. The van der Waals surface area contributed by atoms with Gasteiger partial charge in [0.25, 0.3) is 0 Å². The van der Waals surface area contributed by atoms with E-state index in [1.54, 1.807) is 55.4 Å². The van der Waals surface area contributed by atoms with Gasteiger partial charge in [-0.15, -0.1) is 0 Å². The van der Waals surface area contributed by atoms with Crippen molar-refractivity contribution in [3.63, 3.8) is 0 Å². The Bertz CT molecular complexity index is 1280. The number of carbonyl (C=O) groups is 2. The van der Waals surface area contributed by atoms with Crippen LogP contribution in [0.2, 0.25) is 0 Å². The summed E-state index contributed by atoms with van der Waals surface area (Å²) in [5.41, 5.74) is -1.84. The summed E-state index contributed by atoms with van der Waals surface area (Å²) in [6.45, 7) is 15.7. The first-order valence-corrected chi connectivity index (χ1v) is 19.7. The van der Waals surface area contributed by atoms with Crippen LogP contribution >= 0.6 is 0 Å². The Kier molecular flexibility index (Phi) is 14.8. The third-order valence-electron chi connectivity index (χ3n) is 12.7. The fraction of sp³-hybridized carbons (Fsp3) is 0.900. The van der Waals surface area contributed by atoms with E-state index >= 15 is 0 Å². The second-order valence-corrected chi connectivity index (χ2v) is 17.3. The Morgan fingerprint density at radius 2 is 1.55 bits per heavy atom. The molecule has 53 heavy (non-hydrogen) atoms. The highest BCUT2D eigenvalue weighted by molar-refractivity contribution is 5.83. The first-order valence-electron chi connectivity index (χ1n) is 19.7. The van der Waals surface area contributed by atoms with Crippen molar-refractivity contribution < 1.29 is 58.4 Å². The molecule has 0 spiro atoms. The predicted octanol–water partition coefficient (Wildman–Crippen LogP) is 3.37. The van der Waals surface area contributed by atoms with Crippen molar-refractivity contribution in [1.82, 2.24) is 4.90 Å². The van der Waals surface area contributed by atoms with Crippen molar-refractivity contribution >= 4 is 11.8 Å². The highest BCUT2D eigenvalue weighted by atomic mass is 16.7. The van der Waals surface area contributed by atoms with Gasteiger partial charge in [0, 0.05) is 43.2 Å². The normalized spacial score (nSPS) is 48.3. The van der Waals surface area contributed by atoms with Gasteiger partial charge < -0.3 is 53.7 Å². The molecular weight excluding hydrogens is 686 g/mol. The summed E-state index contributed by atoms with van der Waals surface area (Å²) in [6.07, 6.45) is -4.01. The molecule has 18 atom stereocenters. The van der Waals surface area contributed by atoms with Gasteiger partial charge in [0.15, 0.2) is 12.6 Å². The number of nitrogens with zero attached hydrogens (tertiary/aromatic N) is 1. The lowest BCUT2D eigenvalue weighted by atomic mass is 9.74. The van der Waals surface area contributed by atoms with E-state index in [9.17, 15) is 30.0 Å². The maximum Gasteiger partial charge on any atom is 0.311 e. The van der Waals surface area contributed by atoms with E-state index in [0.29, 0.717) is 12.8 Å². The van der Waals surface area contributed by atoms with E-state index in [-0.39, 0.29) is 30.8 Å². The number of ketones is 1. The largest absolute Gasteiger partial charge is 0.457 e. The maximum absolute atomic E-state index is 14.4. The monoisotopic (exact) mass is 755 g/mol. The molecule has 0 amide bonds. The second-order valence-electron chi connectivity index (χ2n) is 17.3. The highest BCUT2D eigenvalue weighted by Gasteiger charge is 2.52. The molecule has 0 saturated carbocycles. The van der Waals surface area contributed by atoms with E-state index in [4.69, 9.17) is 28.4 Å². The van der Waals surface area contributed by atoms with Gasteiger partial charge in [-0.1, -0.05) is 33.8 Å². The molecule has 13 nitrogen and oxygen atoms in total. The first kappa shape index (κ1) is 44.2. The number of rotatable bonds is 7. The van der Waals surface area contributed by atoms with E-state index in [1.165, 1.54) is 7.11 Å². The minimum atomic E-state index is -1.73. The molecule has 0 aromatic carbocycles. The van der Waals surface area contributed by atoms with Gasteiger partial charge >= 0.3 is 5.97 Å². The lowest BCUT2D eigenvalue weighted by Crippen LogP contribution is -2.60. The average Bonchev–Trinajstić information content (AvgIpc) is 3.64. The fourth-order valence-corrected chi connectivity index (χ4v) is 9.20. The van der Waals surface area contributed by atoms with Gasteiger partial charge in [-0.3, -0.25) is 9.59 Å². The molecule has 4 aliphatic rings. The van der Waals surface area contributed by atoms with Crippen molar-refractivity contribution in [2.75, 3.05) is 21.2 Å². The number of hydrogen-bond donors (Lipinski definition) is 4. The van der Waals surface area contributed by atoms with Crippen molar-refractivity contribution in [1.29, 1.82) is 0 Å². The molecule has 3 aliphatic heterocycles. The Labute approximate surface area is 316 Å². The molecule has 0 aromatic rings. The van der Waals surface area contributed by atoms with Crippen LogP contribution in [-0.2, 0) is 38.0 Å². The van der Waals surface area contributed by atoms with Gasteiger partial charge in [0.1, 0.15) is 24.1 Å². The van der Waals surface area contributed by atoms with Crippen molar-refractivity contribution in [2.24, 2.45) is 29.6 Å². The molecule has 0 aromatic heterocycles. The zero-order chi connectivity index (χ0) is 39.7. The van der Waals surface area contributed by atoms with Crippen LogP contribution in [0.5, 0.6) is 0 Å². The van der Waals surface area contributed by atoms with Gasteiger partial charge in [-0.05, 0) is 86.4 Å². The summed E-state index contributed by atoms with van der Waals surface area (Å²) in [6, 6.07) is -0.301. The van der Waals surface area contributed by atoms with Gasteiger partial charge in [0.2, 0.25) is 0 Å². The number of carbonyl (C=O) groups excluding carboxylic acids is 2. The van der Waals surface area contributed by atoms with Crippen LogP contribution in [-0.4, -0.2) is 137 Å². The molecule has 13 heteroatoms. The number of hydrogen-bond acceptors (Lipinski definition) is 13. The van der Waals surface area contributed by atoms with Crippen molar-refractivity contribution in [3.8, 4) is 0 Å². The minimum Gasteiger partial charge on any atom is -0.457 e. The molecule has 3 heterocycles. The third kappa shape index (κ3) is 9.72. The number of cyclic esters (lactones) is 1. The molecule has 1 aliphatic carbocycles. The van der Waals surface area contributed by atoms with Crippen LogP contribution in [0.15, 0.2) is 11.6 Å². The second kappa shape index (κ2) is 17.7. The first-order chi connectivity index (χ1) is 24.6. The molecule has 18 unspecified atom stereocenters.